The predicted molar refractivity (Wildman–Crippen MR) is 97.1 cm³/mol. The van der Waals surface area contributed by atoms with Crippen LogP contribution in [-0.4, -0.2) is 0 Å². The van der Waals surface area contributed by atoms with Gasteiger partial charge in [0.15, 0.2) is 0 Å². The van der Waals surface area contributed by atoms with Crippen LogP contribution in [0.3, 0.4) is 0 Å². The molecule has 0 bridgehead atoms. The topological polar surface area (TPSA) is 0 Å². The lowest BCUT2D eigenvalue weighted by atomic mass is 9.86. The molecule has 0 aliphatic heterocycles. The Morgan fingerprint density at radius 1 is 1.39 bits per heavy atom. The van der Waals surface area contributed by atoms with Crippen LogP contribution in [0.2, 0.25) is 0 Å². The predicted octanol–water partition coefficient (Wildman–Crippen LogP) is 5.86. The molecular formula is C16H16I2. The smallest absolute Gasteiger partial charge is 0.0133 e. The lowest BCUT2D eigenvalue weighted by molar-refractivity contribution is 0.563. The third-order valence-corrected chi connectivity index (χ3v) is 4.80. The average molecular weight is 462 g/mol. The minimum atomic E-state index is 0.246. The van der Waals surface area contributed by atoms with E-state index in [1.165, 1.54) is 23.9 Å². The normalized spacial score (nSPS) is 20.0. The Balaban J connectivity index is 2.49. The van der Waals surface area contributed by atoms with Gasteiger partial charge in [0.1, 0.15) is 0 Å². The summed E-state index contributed by atoms with van der Waals surface area (Å²) in [5.74, 6) is 0. The molecule has 0 N–H and O–H groups in total. The highest BCUT2D eigenvalue weighted by Crippen LogP contribution is 2.45. The second-order valence-electron chi connectivity index (χ2n) is 5.20. The highest BCUT2D eigenvalue weighted by Gasteiger charge is 2.32. The van der Waals surface area contributed by atoms with Gasteiger partial charge in [-0.3, -0.25) is 0 Å². The SMILES string of the molecule is C=C/C(I)=C\C=C1/CC(C)(C)c2cc(I)ccc21. The number of halogens is 2. The van der Waals surface area contributed by atoms with E-state index in [-0.39, 0.29) is 5.41 Å². The quantitative estimate of drug-likeness (QED) is 0.382. The van der Waals surface area contributed by atoms with Crippen molar-refractivity contribution in [3.63, 3.8) is 0 Å². The Hall–Kier alpha value is -0.100. The number of benzene rings is 1. The average Bonchev–Trinajstić information content (AvgIpc) is 2.58. The van der Waals surface area contributed by atoms with Crippen LogP contribution in [-0.2, 0) is 5.41 Å². The number of hydrogen-bond donors (Lipinski definition) is 0. The van der Waals surface area contributed by atoms with E-state index in [2.05, 4.69) is 96.0 Å². The Bertz CT molecular complexity index is 548. The van der Waals surface area contributed by atoms with Crippen LogP contribution in [0.5, 0.6) is 0 Å². The van der Waals surface area contributed by atoms with Crippen molar-refractivity contribution >= 4 is 50.8 Å². The van der Waals surface area contributed by atoms with Crippen molar-refractivity contribution in [1.29, 1.82) is 0 Å². The van der Waals surface area contributed by atoms with Crippen molar-refractivity contribution in [2.24, 2.45) is 0 Å². The summed E-state index contributed by atoms with van der Waals surface area (Å²) >= 11 is 4.69. The Morgan fingerprint density at radius 2 is 2.11 bits per heavy atom. The first-order valence-electron chi connectivity index (χ1n) is 5.93. The van der Waals surface area contributed by atoms with Gasteiger partial charge in [0.2, 0.25) is 0 Å². The summed E-state index contributed by atoms with van der Waals surface area (Å²) in [6.45, 7) is 8.43. The highest BCUT2D eigenvalue weighted by molar-refractivity contribution is 14.1. The summed E-state index contributed by atoms with van der Waals surface area (Å²) in [6, 6.07) is 6.77. The first-order chi connectivity index (χ1) is 8.44. The molecule has 1 aliphatic carbocycles. The molecule has 0 spiro atoms. The van der Waals surface area contributed by atoms with Crippen LogP contribution in [0.1, 0.15) is 31.4 Å². The van der Waals surface area contributed by atoms with E-state index in [0.717, 1.165) is 6.42 Å². The molecule has 0 amide bonds. The van der Waals surface area contributed by atoms with Gasteiger partial charge in [0, 0.05) is 7.15 Å². The van der Waals surface area contributed by atoms with Gasteiger partial charge in [-0.2, -0.15) is 0 Å². The van der Waals surface area contributed by atoms with Gasteiger partial charge in [-0.1, -0.05) is 38.6 Å². The van der Waals surface area contributed by atoms with Crippen molar-refractivity contribution in [3.05, 3.63) is 61.3 Å². The molecule has 0 nitrogen and oxygen atoms in total. The number of fused-ring (bicyclic) bond motifs is 1. The minimum absolute atomic E-state index is 0.246. The third-order valence-electron chi connectivity index (χ3n) is 3.33. The Kier molecular flexibility index (Phi) is 4.36. The molecule has 0 saturated heterocycles. The number of allylic oxidation sites excluding steroid dienone is 5. The summed E-state index contributed by atoms with van der Waals surface area (Å²) in [6.07, 6.45) is 7.38. The summed E-state index contributed by atoms with van der Waals surface area (Å²) in [5.41, 5.74) is 4.56. The second-order valence-corrected chi connectivity index (χ2v) is 7.69. The largest absolute Gasteiger partial charge is 0.0980 e. The summed E-state index contributed by atoms with van der Waals surface area (Å²) in [7, 11) is 0. The molecule has 18 heavy (non-hydrogen) atoms. The van der Waals surface area contributed by atoms with E-state index in [1.807, 2.05) is 6.08 Å². The molecule has 0 radical (unpaired) electrons. The first kappa shape index (κ1) is 14.3. The van der Waals surface area contributed by atoms with Crippen molar-refractivity contribution < 1.29 is 0 Å². The standard InChI is InChI=1S/C16H16I2/c1-4-12(17)6-5-11-10-16(2,3)15-9-13(18)7-8-14(11)15/h4-9H,1,10H2,2-3H3/b11-5+,12-6+. The van der Waals surface area contributed by atoms with Gasteiger partial charge in [-0.25, -0.2) is 0 Å². The van der Waals surface area contributed by atoms with Crippen LogP contribution < -0.4 is 0 Å². The monoisotopic (exact) mass is 462 g/mol. The van der Waals surface area contributed by atoms with Crippen LogP contribution in [0, 0.1) is 3.57 Å². The fourth-order valence-corrected chi connectivity index (χ4v) is 3.09. The van der Waals surface area contributed by atoms with Gasteiger partial charge < -0.3 is 0 Å². The number of rotatable bonds is 2. The van der Waals surface area contributed by atoms with Gasteiger partial charge in [0.25, 0.3) is 0 Å². The molecule has 0 fully saturated rings. The second kappa shape index (κ2) is 5.49. The maximum absolute atomic E-state index is 3.78. The van der Waals surface area contributed by atoms with Gasteiger partial charge >= 0.3 is 0 Å². The zero-order chi connectivity index (χ0) is 13.3. The highest BCUT2D eigenvalue weighted by atomic mass is 127. The van der Waals surface area contributed by atoms with E-state index < -0.39 is 0 Å². The maximum Gasteiger partial charge on any atom is 0.0133 e. The van der Waals surface area contributed by atoms with Gasteiger partial charge in [-0.15, -0.1) is 0 Å². The van der Waals surface area contributed by atoms with E-state index in [0.29, 0.717) is 0 Å². The summed E-state index contributed by atoms with van der Waals surface area (Å²) < 4.78 is 2.49. The lowest BCUT2D eigenvalue weighted by Crippen LogP contribution is -2.11. The summed E-state index contributed by atoms with van der Waals surface area (Å²) in [5, 5.41) is 0. The van der Waals surface area contributed by atoms with Crippen LogP contribution in [0.4, 0.5) is 0 Å². The molecule has 2 rings (SSSR count). The third kappa shape index (κ3) is 2.90. The van der Waals surface area contributed by atoms with E-state index >= 15 is 0 Å². The molecule has 1 aromatic rings. The molecule has 0 aromatic heterocycles. The Morgan fingerprint density at radius 3 is 2.78 bits per heavy atom. The first-order valence-corrected chi connectivity index (χ1v) is 8.09. The van der Waals surface area contributed by atoms with Gasteiger partial charge in [0.05, 0.1) is 0 Å². The van der Waals surface area contributed by atoms with Crippen molar-refractivity contribution in [1.82, 2.24) is 0 Å². The zero-order valence-corrected chi connectivity index (χ0v) is 14.9. The Labute approximate surface area is 137 Å². The zero-order valence-electron chi connectivity index (χ0n) is 10.6. The van der Waals surface area contributed by atoms with Gasteiger partial charge in [-0.05, 0) is 91.9 Å². The molecule has 1 aromatic carbocycles. The lowest BCUT2D eigenvalue weighted by Gasteiger charge is -2.18. The van der Waals surface area contributed by atoms with Crippen LogP contribution in [0.25, 0.3) is 5.57 Å². The summed E-state index contributed by atoms with van der Waals surface area (Å²) in [4.78, 5) is 0. The molecule has 0 saturated carbocycles. The number of hydrogen-bond acceptors (Lipinski definition) is 0. The molecule has 2 heteroatoms. The molecule has 94 valence electrons. The molecule has 0 unspecified atom stereocenters. The van der Waals surface area contributed by atoms with E-state index in [9.17, 15) is 0 Å². The molecule has 1 aliphatic rings. The fraction of sp³-hybridized carbons (Fsp3) is 0.250. The van der Waals surface area contributed by atoms with Crippen molar-refractivity contribution in [3.8, 4) is 0 Å². The molecule has 0 atom stereocenters. The maximum atomic E-state index is 3.78. The van der Waals surface area contributed by atoms with Crippen molar-refractivity contribution in [2.45, 2.75) is 25.7 Å². The van der Waals surface area contributed by atoms with Crippen LogP contribution in [0.15, 0.2) is 46.6 Å². The van der Waals surface area contributed by atoms with Crippen molar-refractivity contribution in [2.75, 3.05) is 0 Å². The van der Waals surface area contributed by atoms with E-state index in [4.69, 9.17) is 0 Å². The van der Waals surface area contributed by atoms with E-state index in [1.54, 1.807) is 0 Å². The van der Waals surface area contributed by atoms with Crippen LogP contribution >= 0.6 is 45.2 Å². The minimum Gasteiger partial charge on any atom is -0.0980 e. The molecular weight excluding hydrogens is 446 g/mol. The fourth-order valence-electron chi connectivity index (χ4n) is 2.42. The molecule has 0 heterocycles.